The van der Waals surface area contributed by atoms with Crippen molar-refractivity contribution in [2.75, 3.05) is 0 Å². The van der Waals surface area contributed by atoms with Gasteiger partial charge < -0.3 is 0 Å². The molecule has 0 bridgehead atoms. The van der Waals surface area contributed by atoms with Gasteiger partial charge in [0.15, 0.2) is 0 Å². The Morgan fingerprint density at radius 1 is 1.55 bits per heavy atom. The third kappa shape index (κ3) is 2.35. The molecule has 0 heterocycles. The van der Waals surface area contributed by atoms with Crippen molar-refractivity contribution in [2.24, 2.45) is 0 Å². The summed E-state index contributed by atoms with van der Waals surface area (Å²) in [5, 5.41) is 0. The van der Waals surface area contributed by atoms with E-state index < -0.39 is 10.1 Å². The molecule has 1 aromatic carbocycles. The first-order valence-electron chi connectivity index (χ1n) is 2.96. The molecule has 1 aromatic rings. The minimum absolute atomic E-state index is 0.183. The van der Waals surface area contributed by atoms with Gasteiger partial charge in [0.25, 0.3) is 0 Å². The third-order valence-corrected chi connectivity index (χ3v) is 2.00. The van der Waals surface area contributed by atoms with Gasteiger partial charge in [0.05, 0.1) is 0 Å². The molecule has 1 radical (unpaired) electrons. The molecular weight excluding hydrogens is 159 g/mol. The number of benzene rings is 1. The molecule has 3 nitrogen and oxygen atoms in total. The molecule has 0 saturated carbocycles. The minimum atomic E-state index is -4.08. The van der Waals surface area contributed by atoms with Gasteiger partial charge in [0.2, 0.25) is 0 Å². The number of rotatable bonds is 1. The molecule has 0 aliphatic rings. The summed E-state index contributed by atoms with van der Waals surface area (Å²) in [7, 11) is -4.08. The van der Waals surface area contributed by atoms with E-state index in [1.165, 1.54) is 12.1 Å². The van der Waals surface area contributed by atoms with E-state index in [0.717, 1.165) is 4.24 Å². The molecule has 11 heavy (non-hydrogen) atoms. The van der Waals surface area contributed by atoms with E-state index in [2.05, 4.69) is 6.07 Å². The SMILES string of the molecule is [Li][c]1cc[c]c(S(=O)(=O)O)c1. The van der Waals surface area contributed by atoms with E-state index in [9.17, 15) is 8.42 Å². The fourth-order valence-corrected chi connectivity index (χ4v) is 1.25. The molecule has 0 saturated heterocycles. The van der Waals surface area contributed by atoms with Crippen LogP contribution < -0.4 is 4.24 Å². The summed E-state index contributed by atoms with van der Waals surface area (Å²) < 4.78 is 30.3. The van der Waals surface area contributed by atoms with Gasteiger partial charge in [0, 0.05) is 0 Å². The number of hydrogen-bond donors (Lipinski definition) is 1. The first-order valence-corrected chi connectivity index (χ1v) is 4.40. The van der Waals surface area contributed by atoms with Crippen molar-refractivity contribution in [3.63, 3.8) is 0 Å². The van der Waals surface area contributed by atoms with Crippen LogP contribution in [0.4, 0.5) is 0 Å². The van der Waals surface area contributed by atoms with Crippen LogP contribution in [0, 0.1) is 6.07 Å². The van der Waals surface area contributed by atoms with E-state index >= 15 is 0 Å². The van der Waals surface area contributed by atoms with Crippen LogP contribution in [0.3, 0.4) is 0 Å². The normalized spacial score (nSPS) is 11.5. The first kappa shape index (κ1) is 8.82. The van der Waals surface area contributed by atoms with Crippen molar-refractivity contribution in [3.05, 3.63) is 24.3 Å². The van der Waals surface area contributed by atoms with Crippen LogP contribution in [-0.4, -0.2) is 30.7 Å². The Morgan fingerprint density at radius 3 is 2.55 bits per heavy atom. The monoisotopic (exact) mass is 163 g/mol. The summed E-state index contributed by atoms with van der Waals surface area (Å²) >= 11 is 1.74. The molecule has 0 aliphatic heterocycles. The van der Waals surface area contributed by atoms with Gasteiger partial charge in [-0.2, -0.15) is 0 Å². The standard InChI is InChI=1S/C6H4O3S.Li/c7-10(8,9)6-4-2-1-3-5-6;/h1-2,5H,(H,7,8,9);. The Hall–Kier alpha value is -0.273. The third-order valence-electron chi connectivity index (χ3n) is 1.21. The zero-order chi connectivity index (χ0) is 8.48. The molecule has 0 fully saturated rings. The van der Waals surface area contributed by atoms with Crippen molar-refractivity contribution >= 4 is 32.1 Å². The Morgan fingerprint density at radius 2 is 2.18 bits per heavy atom. The fourth-order valence-electron chi connectivity index (χ4n) is 0.701. The van der Waals surface area contributed by atoms with E-state index in [0.29, 0.717) is 0 Å². The molecule has 0 aromatic heterocycles. The quantitative estimate of drug-likeness (QED) is 0.449. The molecule has 1 N–H and O–H groups in total. The molecule has 53 valence electrons. The van der Waals surface area contributed by atoms with Crippen LogP contribution in [-0.2, 0) is 10.1 Å². The van der Waals surface area contributed by atoms with Gasteiger partial charge in [-0.3, -0.25) is 0 Å². The zero-order valence-corrected chi connectivity index (χ0v) is 6.72. The van der Waals surface area contributed by atoms with Crippen molar-refractivity contribution in [3.8, 4) is 0 Å². The maximum absolute atomic E-state index is 10.5. The van der Waals surface area contributed by atoms with Gasteiger partial charge in [-0.1, -0.05) is 0 Å². The van der Waals surface area contributed by atoms with Crippen molar-refractivity contribution in [2.45, 2.75) is 4.90 Å². The molecule has 0 atom stereocenters. The maximum atomic E-state index is 10.5. The second-order valence-electron chi connectivity index (χ2n) is 2.21. The molecular formula is C6H4LiO3S. The van der Waals surface area contributed by atoms with Gasteiger partial charge in [-0.25, -0.2) is 0 Å². The van der Waals surface area contributed by atoms with Gasteiger partial charge in [0.1, 0.15) is 0 Å². The van der Waals surface area contributed by atoms with E-state index in [4.69, 9.17) is 4.55 Å². The van der Waals surface area contributed by atoms with Crippen LogP contribution in [0.15, 0.2) is 23.1 Å². The van der Waals surface area contributed by atoms with Crippen molar-refractivity contribution in [1.82, 2.24) is 0 Å². The van der Waals surface area contributed by atoms with Gasteiger partial charge in [-0.15, -0.1) is 0 Å². The van der Waals surface area contributed by atoms with Crippen LogP contribution in [0.1, 0.15) is 0 Å². The molecule has 0 amide bonds. The summed E-state index contributed by atoms with van der Waals surface area (Å²) in [4.78, 5) is -0.183. The average Bonchev–Trinajstić information content (AvgIpc) is 1.86. The van der Waals surface area contributed by atoms with Crippen LogP contribution >= 0.6 is 0 Å². The second kappa shape index (κ2) is 3.00. The summed E-state index contributed by atoms with van der Waals surface area (Å²) in [6.07, 6.45) is 0. The average molecular weight is 163 g/mol. The predicted molar refractivity (Wildman–Crippen MR) is 40.5 cm³/mol. The van der Waals surface area contributed by atoms with E-state index in [1.54, 1.807) is 23.8 Å². The molecule has 0 aliphatic carbocycles. The summed E-state index contributed by atoms with van der Waals surface area (Å²) in [6.45, 7) is 0. The Balaban J connectivity index is 3.28. The Bertz CT molecular complexity index is 358. The molecule has 1 rings (SSSR count). The number of hydrogen-bond acceptors (Lipinski definition) is 2. The second-order valence-corrected chi connectivity index (χ2v) is 3.60. The van der Waals surface area contributed by atoms with E-state index in [-0.39, 0.29) is 4.90 Å². The van der Waals surface area contributed by atoms with E-state index in [1.807, 2.05) is 0 Å². The Kier molecular flexibility index (Phi) is 2.40. The van der Waals surface area contributed by atoms with Gasteiger partial charge >= 0.3 is 74.2 Å². The predicted octanol–water partition coefficient (Wildman–Crippen LogP) is -0.473. The molecule has 5 heteroatoms. The van der Waals surface area contributed by atoms with Crippen LogP contribution in [0.25, 0.3) is 0 Å². The van der Waals surface area contributed by atoms with Crippen LogP contribution in [0.2, 0.25) is 0 Å². The summed E-state index contributed by atoms with van der Waals surface area (Å²) in [5.74, 6) is 0. The van der Waals surface area contributed by atoms with Crippen LogP contribution in [0.5, 0.6) is 0 Å². The zero-order valence-electron chi connectivity index (χ0n) is 5.90. The fraction of sp³-hybridized carbons (Fsp3) is 0. The first-order chi connectivity index (χ1) is 5.00. The van der Waals surface area contributed by atoms with Crippen molar-refractivity contribution < 1.29 is 13.0 Å². The summed E-state index contributed by atoms with van der Waals surface area (Å²) in [5.41, 5.74) is 0. The molecule has 0 spiro atoms. The van der Waals surface area contributed by atoms with Gasteiger partial charge in [-0.05, 0) is 0 Å². The van der Waals surface area contributed by atoms with Crippen molar-refractivity contribution in [1.29, 1.82) is 0 Å². The Labute approximate surface area is 74.4 Å². The summed E-state index contributed by atoms with van der Waals surface area (Å²) in [6, 6.07) is 6.93. The topological polar surface area (TPSA) is 54.4 Å². The molecule has 0 unspecified atom stereocenters.